The van der Waals surface area contributed by atoms with Gasteiger partial charge in [0.25, 0.3) is 0 Å². The van der Waals surface area contributed by atoms with Crippen molar-refractivity contribution in [2.45, 2.75) is 37.5 Å². The maximum Gasteiger partial charge on any atom is 0.0269 e. The summed E-state index contributed by atoms with van der Waals surface area (Å²) in [6, 6.07) is 11.8. The van der Waals surface area contributed by atoms with Gasteiger partial charge in [-0.15, -0.1) is 0 Å². The summed E-state index contributed by atoms with van der Waals surface area (Å²) in [5.74, 6) is 0.703. The van der Waals surface area contributed by atoms with E-state index in [1.165, 1.54) is 5.56 Å². The van der Waals surface area contributed by atoms with Gasteiger partial charge in [-0.05, 0) is 24.3 Å². The third-order valence-corrected chi connectivity index (χ3v) is 4.23. The van der Waals surface area contributed by atoms with Crippen LogP contribution in [0, 0.1) is 5.92 Å². The van der Waals surface area contributed by atoms with E-state index in [1.54, 1.807) is 0 Å². The van der Waals surface area contributed by atoms with E-state index in [0.29, 0.717) is 18.0 Å². The van der Waals surface area contributed by atoms with Gasteiger partial charge in [0.1, 0.15) is 0 Å². The first-order chi connectivity index (χ1) is 8.83. The van der Waals surface area contributed by atoms with Crippen LogP contribution in [0.25, 0.3) is 0 Å². The third kappa shape index (κ3) is 2.57. The zero-order valence-corrected chi connectivity index (χ0v) is 10.6. The minimum absolute atomic E-state index is 0.275. The Kier molecular flexibility index (Phi) is 3.61. The van der Waals surface area contributed by atoms with Gasteiger partial charge in [0.05, 0.1) is 0 Å². The first kappa shape index (κ1) is 12.1. The van der Waals surface area contributed by atoms with Crippen molar-refractivity contribution in [3.05, 3.63) is 35.9 Å². The van der Waals surface area contributed by atoms with Crippen LogP contribution in [0.15, 0.2) is 30.3 Å². The van der Waals surface area contributed by atoms with Crippen molar-refractivity contribution in [2.24, 2.45) is 11.7 Å². The lowest BCUT2D eigenvalue weighted by Crippen LogP contribution is -2.54. The summed E-state index contributed by atoms with van der Waals surface area (Å²) in [5, 5.41) is 3.61. The molecule has 2 fully saturated rings. The van der Waals surface area contributed by atoms with E-state index in [9.17, 15) is 0 Å². The maximum atomic E-state index is 6.28. The van der Waals surface area contributed by atoms with Crippen LogP contribution in [0.2, 0.25) is 0 Å². The average molecular weight is 246 g/mol. The van der Waals surface area contributed by atoms with Crippen LogP contribution in [0.3, 0.4) is 0 Å². The van der Waals surface area contributed by atoms with Gasteiger partial charge in [-0.25, -0.2) is 0 Å². The van der Waals surface area contributed by atoms with E-state index in [1.807, 2.05) is 0 Å². The van der Waals surface area contributed by atoms with Crippen molar-refractivity contribution in [1.82, 2.24) is 16.2 Å². The van der Waals surface area contributed by atoms with Gasteiger partial charge in [0.2, 0.25) is 0 Å². The van der Waals surface area contributed by atoms with Gasteiger partial charge >= 0.3 is 0 Å². The molecule has 98 valence electrons. The van der Waals surface area contributed by atoms with E-state index < -0.39 is 0 Å². The normalized spacial score (nSPS) is 35.4. The van der Waals surface area contributed by atoms with Crippen molar-refractivity contribution < 1.29 is 0 Å². The Morgan fingerprint density at radius 1 is 1.22 bits per heavy atom. The molecule has 4 unspecified atom stereocenters. The summed E-state index contributed by atoms with van der Waals surface area (Å²) in [6.07, 6.45) is 2.22. The molecule has 1 aliphatic carbocycles. The van der Waals surface area contributed by atoms with E-state index in [4.69, 9.17) is 5.73 Å². The molecule has 1 heterocycles. The van der Waals surface area contributed by atoms with Gasteiger partial charge in [0.15, 0.2) is 0 Å². The third-order valence-electron chi connectivity index (χ3n) is 4.23. The molecule has 1 aromatic rings. The highest BCUT2D eigenvalue weighted by Gasteiger charge is 2.37. The monoisotopic (exact) mass is 246 g/mol. The lowest BCUT2D eigenvalue weighted by Gasteiger charge is -2.36. The second-order valence-corrected chi connectivity index (χ2v) is 5.50. The van der Waals surface area contributed by atoms with Gasteiger partial charge in [-0.1, -0.05) is 30.3 Å². The molecular weight excluding hydrogens is 224 g/mol. The van der Waals surface area contributed by atoms with Crippen molar-refractivity contribution >= 4 is 0 Å². The molecule has 1 saturated carbocycles. The first-order valence-electron chi connectivity index (χ1n) is 6.84. The quantitative estimate of drug-likeness (QED) is 0.622. The maximum absolute atomic E-state index is 6.28. The number of fused-ring (bicyclic) bond motifs is 1. The van der Waals surface area contributed by atoms with Crippen molar-refractivity contribution in [2.75, 3.05) is 6.54 Å². The van der Waals surface area contributed by atoms with Crippen LogP contribution in [0.1, 0.15) is 18.4 Å². The van der Waals surface area contributed by atoms with E-state index >= 15 is 0 Å². The molecule has 0 radical (unpaired) electrons. The van der Waals surface area contributed by atoms with Crippen LogP contribution in [0.5, 0.6) is 0 Å². The summed E-state index contributed by atoms with van der Waals surface area (Å²) in [6.45, 7) is 1.97. The molecule has 0 amide bonds. The molecule has 4 atom stereocenters. The number of nitrogens with one attached hydrogen (secondary N) is 3. The Morgan fingerprint density at radius 3 is 2.89 bits per heavy atom. The van der Waals surface area contributed by atoms with Gasteiger partial charge in [-0.3, -0.25) is 10.9 Å². The second kappa shape index (κ2) is 5.36. The molecule has 18 heavy (non-hydrogen) atoms. The van der Waals surface area contributed by atoms with E-state index in [0.717, 1.165) is 25.9 Å². The Labute approximate surface area is 108 Å². The smallest absolute Gasteiger partial charge is 0.0269 e. The molecule has 2 aliphatic rings. The highest BCUT2D eigenvalue weighted by molar-refractivity contribution is 5.14. The molecule has 1 saturated heterocycles. The minimum Gasteiger partial charge on any atom is -0.326 e. The summed E-state index contributed by atoms with van der Waals surface area (Å²) in [5.41, 5.74) is 14.2. The molecule has 1 aliphatic heterocycles. The van der Waals surface area contributed by atoms with Crippen molar-refractivity contribution in [3.8, 4) is 0 Å². The summed E-state index contributed by atoms with van der Waals surface area (Å²) in [7, 11) is 0. The Hall–Kier alpha value is -0.940. The number of hydrazine groups is 1. The van der Waals surface area contributed by atoms with Crippen LogP contribution >= 0.6 is 0 Å². The lowest BCUT2D eigenvalue weighted by atomic mass is 9.80. The van der Waals surface area contributed by atoms with E-state index in [2.05, 4.69) is 46.5 Å². The number of hydrogen-bond donors (Lipinski definition) is 4. The van der Waals surface area contributed by atoms with Gasteiger partial charge < -0.3 is 11.1 Å². The highest BCUT2D eigenvalue weighted by atomic mass is 15.4. The molecule has 4 nitrogen and oxygen atoms in total. The summed E-state index contributed by atoms with van der Waals surface area (Å²) in [4.78, 5) is 0. The molecule has 3 rings (SSSR count). The summed E-state index contributed by atoms with van der Waals surface area (Å²) >= 11 is 0. The predicted octanol–water partition coefficient (Wildman–Crippen LogP) is 0.359. The minimum atomic E-state index is 0.275. The van der Waals surface area contributed by atoms with Crippen LogP contribution in [-0.4, -0.2) is 24.7 Å². The first-order valence-corrected chi connectivity index (χ1v) is 6.84. The summed E-state index contributed by atoms with van der Waals surface area (Å²) < 4.78 is 0. The highest BCUT2D eigenvalue weighted by Crippen LogP contribution is 2.26. The fraction of sp³-hybridized carbons (Fsp3) is 0.571. The second-order valence-electron chi connectivity index (χ2n) is 5.50. The zero-order valence-electron chi connectivity index (χ0n) is 10.6. The number of rotatable bonds is 3. The topological polar surface area (TPSA) is 62.1 Å². The zero-order chi connectivity index (χ0) is 12.4. The lowest BCUT2D eigenvalue weighted by molar-refractivity contribution is 0.239. The Bertz CT molecular complexity index is 381. The SMILES string of the molecule is NC1CC2CNNC2CC1NCc1ccccc1. The molecular formula is C14H22N4. The van der Waals surface area contributed by atoms with Crippen molar-refractivity contribution in [1.29, 1.82) is 0 Å². The van der Waals surface area contributed by atoms with Crippen LogP contribution in [0.4, 0.5) is 0 Å². The Balaban J connectivity index is 1.56. The number of hydrogen-bond acceptors (Lipinski definition) is 4. The molecule has 1 aromatic carbocycles. The fourth-order valence-electron chi connectivity index (χ4n) is 3.12. The van der Waals surface area contributed by atoms with Gasteiger partial charge in [0, 0.05) is 31.2 Å². The molecule has 5 N–H and O–H groups in total. The molecule has 0 aromatic heterocycles. The Morgan fingerprint density at radius 2 is 2.06 bits per heavy atom. The largest absolute Gasteiger partial charge is 0.326 e. The van der Waals surface area contributed by atoms with Gasteiger partial charge in [-0.2, -0.15) is 0 Å². The molecule has 0 bridgehead atoms. The average Bonchev–Trinajstić information content (AvgIpc) is 2.84. The van der Waals surface area contributed by atoms with Crippen LogP contribution in [-0.2, 0) is 6.54 Å². The number of nitrogens with two attached hydrogens (primary N) is 1. The van der Waals surface area contributed by atoms with E-state index in [-0.39, 0.29) is 6.04 Å². The fourth-order valence-corrected chi connectivity index (χ4v) is 3.12. The number of benzene rings is 1. The van der Waals surface area contributed by atoms with Crippen LogP contribution < -0.4 is 21.9 Å². The molecule has 4 heteroatoms. The standard InChI is InChI=1S/C14H22N4/c15-12-6-11-9-17-18-13(11)7-14(12)16-8-10-4-2-1-3-5-10/h1-5,11-14,16-18H,6-9,15H2. The van der Waals surface area contributed by atoms with Crippen molar-refractivity contribution in [3.63, 3.8) is 0 Å². The predicted molar refractivity (Wildman–Crippen MR) is 72.7 cm³/mol. The molecule has 0 spiro atoms.